The number of carbonyl (C=O) groups is 2. The molecule has 4 rings (SSSR count). The van der Waals surface area contributed by atoms with Gasteiger partial charge in [-0.25, -0.2) is 0 Å². The molecule has 1 amide bonds. The number of hydrogen-bond acceptors (Lipinski definition) is 5. The van der Waals surface area contributed by atoms with Crippen molar-refractivity contribution in [3.63, 3.8) is 0 Å². The van der Waals surface area contributed by atoms with Crippen LogP contribution in [0.1, 0.15) is 61.4 Å². The van der Waals surface area contributed by atoms with Crippen molar-refractivity contribution in [2.75, 3.05) is 45.2 Å². The van der Waals surface area contributed by atoms with E-state index in [4.69, 9.17) is 0 Å². The predicted molar refractivity (Wildman–Crippen MR) is 145 cm³/mol. The van der Waals surface area contributed by atoms with E-state index in [0.717, 1.165) is 56.6 Å². The van der Waals surface area contributed by atoms with E-state index in [1.807, 2.05) is 50.5 Å². The number of ketones is 1. The van der Waals surface area contributed by atoms with Crippen molar-refractivity contribution in [1.82, 2.24) is 9.80 Å². The summed E-state index contributed by atoms with van der Waals surface area (Å²) in [5, 5.41) is 11.5. The van der Waals surface area contributed by atoms with Gasteiger partial charge in [-0.1, -0.05) is 24.3 Å². The fraction of sp³-hybridized carbons (Fsp3) is 0.467. The van der Waals surface area contributed by atoms with Gasteiger partial charge in [0.15, 0.2) is 0 Å². The van der Waals surface area contributed by atoms with Crippen LogP contribution in [-0.2, 0) is 22.4 Å². The second-order valence-electron chi connectivity index (χ2n) is 10.1. The first-order valence-corrected chi connectivity index (χ1v) is 13.3. The first-order chi connectivity index (χ1) is 17.3. The molecule has 0 saturated carbocycles. The van der Waals surface area contributed by atoms with Crippen LogP contribution in [0.15, 0.2) is 48.0 Å². The van der Waals surface area contributed by atoms with Crippen LogP contribution in [0.5, 0.6) is 0 Å². The van der Waals surface area contributed by atoms with Gasteiger partial charge in [0.2, 0.25) is 0 Å². The summed E-state index contributed by atoms with van der Waals surface area (Å²) in [6, 6.07) is 13.4. The minimum atomic E-state index is -0.604. The highest BCUT2D eigenvalue weighted by Gasteiger charge is 2.45. The van der Waals surface area contributed by atoms with Crippen molar-refractivity contribution in [2.24, 2.45) is 0 Å². The van der Waals surface area contributed by atoms with Crippen LogP contribution >= 0.6 is 0 Å². The maximum absolute atomic E-state index is 13.3. The Balaban J connectivity index is 1.77. The van der Waals surface area contributed by atoms with Crippen LogP contribution in [0.3, 0.4) is 0 Å². The number of rotatable bonds is 9. The summed E-state index contributed by atoms with van der Waals surface area (Å²) >= 11 is 0. The van der Waals surface area contributed by atoms with Crippen molar-refractivity contribution in [1.29, 1.82) is 0 Å². The Kier molecular flexibility index (Phi) is 8.14. The molecule has 0 radical (unpaired) electrons. The average Bonchev–Trinajstić information content (AvgIpc) is 3.14. The summed E-state index contributed by atoms with van der Waals surface area (Å²) in [5.74, 6) is -1.21. The lowest BCUT2D eigenvalue weighted by Crippen LogP contribution is -2.32. The summed E-state index contributed by atoms with van der Waals surface area (Å²) in [5.41, 5.74) is 5.29. The summed E-state index contributed by atoms with van der Waals surface area (Å²) in [4.78, 5) is 32.5. The van der Waals surface area contributed by atoms with E-state index >= 15 is 0 Å². The number of nitrogens with zero attached hydrogens (tertiary/aromatic N) is 3. The smallest absolute Gasteiger partial charge is 0.295 e. The van der Waals surface area contributed by atoms with Crippen LogP contribution < -0.4 is 4.90 Å². The zero-order valence-corrected chi connectivity index (χ0v) is 22.1. The number of benzene rings is 2. The second kappa shape index (κ2) is 11.3. The largest absolute Gasteiger partial charge is 0.507 e. The fourth-order valence-corrected chi connectivity index (χ4v) is 5.51. The van der Waals surface area contributed by atoms with E-state index in [0.29, 0.717) is 12.1 Å². The second-order valence-corrected chi connectivity index (χ2v) is 10.1. The molecule has 6 nitrogen and oxygen atoms in total. The summed E-state index contributed by atoms with van der Waals surface area (Å²) in [6.45, 7) is 7.30. The van der Waals surface area contributed by atoms with Crippen molar-refractivity contribution >= 4 is 23.1 Å². The normalized spacial score (nSPS) is 19.1. The molecular formula is C30H39N3O3. The first-order valence-electron chi connectivity index (χ1n) is 13.3. The van der Waals surface area contributed by atoms with Gasteiger partial charge < -0.3 is 19.8 Å². The number of aliphatic hydroxyl groups excluding tert-OH is 1. The quantitative estimate of drug-likeness (QED) is 0.312. The molecule has 1 heterocycles. The van der Waals surface area contributed by atoms with Gasteiger partial charge in [-0.15, -0.1) is 0 Å². The van der Waals surface area contributed by atoms with E-state index < -0.39 is 17.7 Å². The monoisotopic (exact) mass is 489 g/mol. The minimum absolute atomic E-state index is 0.0744. The van der Waals surface area contributed by atoms with Gasteiger partial charge >= 0.3 is 0 Å². The topological polar surface area (TPSA) is 64.1 Å². The molecule has 1 atom stereocenters. The number of aryl methyl sites for hydroxylation is 2. The molecule has 1 aliphatic heterocycles. The number of likely N-dealkylation sites (tertiary alicyclic amines) is 1. The number of fused-ring (bicyclic) bond motifs is 1. The average molecular weight is 490 g/mol. The number of Topliss-reactive ketones (excluding diaryl/α,β-unsaturated/α-hetero) is 1. The Hall–Kier alpha value is -3.12. The zero-order chi connectivity index (χ0) is 25.8. The predicted octanol–water partition coefficient (Wildman–Crippen LogP) is 4.79. The van der Waals surface area contributed by atoms with Crippen molar-refractivity contribution < 1.29 is 14.7 Å². The molecule has 0 aromatic heterocycles. The van der Waals surface area contributed by atoms with Crippen LogP contribution in [0.25, 0.3) is 5.76 Å². The number of carbonyl (C=O) groups excluding carboxylic acids is 2. The Morgan fingerprint density at radius 2 is 1.64 bits per heavy atom. The van der Waals surface area contributed by atoms with Gasteiger partial charge in [-0.05, 0) is 101 Å². The van der Waals surface area contributed by atoms with Gasteiger partial charge in [0.1, 0.15) is 5.76 Å². The molecule has 1 N–H and O–H groups in total. The Labute approximate surface area is 215 Å². The third kappa shape index (κ3) is 5.19. The SMILES string of the molecule is CCN(CC)c1ccc(C2/C(=C(/O)c3ccc4c(c3)CCCC4)C(=O)C(=O)N2CCCN(C)C)cc1. The van der Waals surface area contributed by atoms with Gasteiger partial charge in [0, 0.05) is 30.9 Å². The summed E-state index contributed by atoms with van der Waals surface area (Å²) in [7, 11) is 3.99. The molecule has 2 aliphatic rings. The lowest BCUT2D eigenvalue weighted by Gasteiger charge is -2.27. The zero-order valence-electron chi connectivity index (χ0n) is 22.1. The number of hydrogen-bond donors (Lipinski definition) is 1. The van der Waals surface area contributed by atoms with E-state index in [1.165, 1.54) is 17.5 Å². The number of anilines is 1. The van der Waals surface area contributed by atoms with Crippen LogP contribution in [0.4, 0.5) is 5.69 Å². The van der Waals surface area contributed by atoms with Crippen molar-refractivity contribution in [3.8, 4) is 0 Å². The molecule has 6 heteroatoms. The first kappa shape index (κ1) is 26.0. The van der Waals surface area contributed by atoms with Crippen LogP contribution in [0, 0.1) is 0 Å². The van der Waals surface area contributed by atoms with Crippen molar-refractivity contribution in [3.05, 3.63) is 70.3 Å². The minimum Gasteiger partial charge on any atom is -0.507 e. The lowest BCUT2D eigenvalue weighted by atomic mass is 9.88. The molecule has 1 aliphatic carbocycles. The fourth-order valence-electron chi connectivity index (χ4n) is 5.51. The molecule has 36 heavy (non-hydrogen) atoms. The standard InChI is InChI=1S/C30H39N3O3/c1-5-32(6-2)25-16-14-22(15-17-25)27-26(29(35)30(36)33(27)19-9-18-31(3)4)28(34)24-13-12-21-10-7-8-11-23(21)20-24/h12-17,20,27,34H,5-11,18-19H2,1-4H3/b28-26-. The van der Waals surface area contributed by atoms with Crippen LogP contribution in [0.2, 0.25) is 0 Å². The Morgan fingerprint density at radius 1 is 0.972 bits per heavy atom. The van der Waals surface area contributed by atoms with Gasteiger partial charge in [-0.2, -0.15) is 0 Å². The molecule has 2 aromatic rings. The molecule has 192 valence electrons. The highest BCUT2D eigenvalue weighted by Crippen LogP contribution is 2.40. The van der Waals surface area contributed by atoms with E-state index in [9.17, 15) is 14.7 Å². The van der Waals surface area contributed by atoms with E-state index in [2.05, 4.69) is 29.7 Å². The van der Waals surface area contributed by atoms with Crippen molar-refractivity contribution in [2.45, 2.75) is 52.0 Å². The third-order valence-corrected chi connectivity index (χ3v) is 7.50. The van der Waals surface area contributed by atoms with E-state index in [-0.39, 0.29) is 11.3 Å². The summed E-state index contributed by atoms with van der Waals surface area (Å²) in [6.07, 6.45) is 5.08. The number of aliphatic hydroxyl groups is 1. The molecule has 0 bridgehead atoms. The molecule has 0 spiro atoms. The highest BCUT2D eigenvalue weighted by atomic mass is 16.3. The van der Waals surface area contributed by atoms with Gasteiger partial charge in [0.05, 0.1) is 11.6 Å². The van der Waals surface area contributed by atoms with Gasteiger partial charge in [-0.3, -0.25) is 9.59 Å². The maximum atomic E-state index is 13.3. The number of amides is 1. The molecule has 1 unspecified atom stereocenters. The Morgan fingerprint density at radius 3 is 2.28 bits per heavy atom. The molecule has 1 fully saturated rings. The third-order valence-electron chi connectivity index (χ3n) is 7.50. The molecule has 1 saturated heterocycles. The molecular weight excluding hydrogens is 450 g/mol. The van der Waals surface area contributed by atoms with Gasteiger partial charge in [0.25, 0.3) is 11.7 Å². The molecule has 2 aromatic carbocycles. The lowest BCUT2D eigenvalue weighted by molar-refractivity contribution is -0.139. The maximum Gasteiger partial charge on any atom is 0.295 e. The Bertz CT molecular complexity index is 1130. The highest BCUT2D eigenvalue weighted by molar-refractivity contribution is 6.46. The van der Waals surface area contributed by atoms with Crippen LogP contribution in [-0.4, -0.2) is 66.9 Å². The summed E-state index contributed by atoms with van der Waals surface area (Å²) < 4.78 is 0. The van der Waals surface area contributed by atoms with E-state index in [1.54, 1.807) is 4.90 Å².